The van der Waals surface area contributed by atoms with Crippen molar-refractivity contribution in [2.75, 3.05) is 11.5 Å². The van der Waals surface area contributed by atoms with Crippen LogP contribution < -0.4 is 44.1 Å². The molecule has 0 fully saturated rings. The van der Waals surface area contributed by atoms with Gasteiger partial charge in [0.05, 0.1) is 22.4 Å². The molecule has 2 aromatic rings. The van der Waals surface area contributed by atoms with E-state index >= 15 is 0 Å². The number of anilines is 2. The van der Waals surface area contributed by atoms with Crippen LogP contribution in [0.3, 0.4) is 0 Å². The minimum absolute atomic E-state index is 0.0353. The molecule has 3 rings (SSSR count). The van der Waals surface area contributed by atoms with Crippen LogP contribution in [-0.4, -0.2) is 11.6 Å². The Balaban J connectivity index is 2.36. The maximum Gasteiger partial charge on any atom is 0.202 e. The molecule has 1 aliphatic carbocycles. The van der Waals surface area contributed by atoms with Crippen molar-refractivity contribution in [3.63, 3.8) is 0 Å². The van der Waals surface area contributed by atoms with Crippen molar-refractivity contribution in [2.24, 2.45) is 17.7 Å². The Kier molecular flexibility index (Phi) is 4.21. The summed E-state index contributed by atoms with van der Waals surface area (Å²) in [4.78, 5) is 39.4. The topological polar surface area (TPSA) is 219 Å². The maximum atomic E-state index is 13.0. The third kappa shape index (κ3) is 2.34. The Morgan fingerprint density at radius 3 is 2.12 bits per heavy atom. The van der Waals surface area contributed by atoms with Crippen LogP contribution in [0.15, 0.2) is 18.2 Å². The molecule has 0 radical (unpaired) electrons. The molecule has 0 bridgehead atoms. The van der Waals surface area contributed by atoms with Crippen molar-refractivity contribution in [2.45, 2.75) is 0 Å². The van der Waals surface area contributed by atoms with Gasteiger partial charge in [-0.1, -0.05) is 0 Å². The summed E-state index contributed by atoms with van der Waals surface area (Å²) in [5.74, 6) is 13.4. The number of carbonyl (C=O) groups excluding carboxylic acids is 2. The Bertz CT molecular complexity index is 946. The van der Waals surface area contributed by atoms with E-state index in [0.29, 0.717) is 0 Å². The van der Waals surface area contributed by atoms with Gasteiger partial charge in [0.15, 0.2) is 23.0 Å². The Labute approximate surface area is 145 Å². The van der Waals surface area contributed by atoms with Gasteiger partial charge in [-0.25, -0.2) is 0 Å². The van der Waals surface area contributed by atoms with Crippen molar-refractivity contribution in [3.05, 3.63) is 45.7 Å². The minimum Gasteiger partial charge on any atom is -0.593 e. The van der Waals surface area contributed by atoms with E-state index in [1.165, 1.54) is 6.07 Å². The summed E-state index contributed by atoms with van der Waals surface area (Å²) in [5.41, 5.74) is 10.6. The number of benzene rings is 2. The fourth-order valence-electron chi connectivity index (χ4n) is 2.86. The fraction of sp³-hybridized carbons (Fsp3) is 0. The number of nitrogens with two attached hydrogens (primary N) is 5. The first kappa shape index (κ1) is 17.6. The van der Waals surface area contributed by atoms with E-state index < -0.39 is 16.8 Å². The molecule has 26 heavy (non-hydrogen) atoms. The maximum absolute atomic E-state index is 13.0. The van der Waals surface area contributed by atoms with E-state index in [-0.39, 0.29) is 50.8 Å². The van der Waals surface area contributed by atoms with Gasteiger partial charge in [0.2, 0.25) is 5.78 Å². The van der Waals surface area contributed by atoms with Gasteiger partial charge in [-0.05, 0) is 6.07 Å². The summed E-state index contributed by atoms with van der Waals surface area (Å²) in [6.45, 7) is 0. The van der Waals surface area contributed by atoms with Crippen molar-refractivity contribution >= 4 is 28.6 Å². The van der Waals surface area contributed by atoms with Crippen LogP contribution in [0, 0.1) is 5.21 Å². The molecule has 0 heterocycles. The number of quaternary nitrogens is 1. The van der Waals surface area contributed by atoms with Crippen molar-refractivity contribution in [1.29, 1.82) is 0 Å². The lowest BCUT2D eigenvalue weighted by Crippen LogP contribution is -3.02. The molecule has 0 aromatic heterocycles. The highest BCUT2D eigenvalue weighted by molar-refractivity contribution is 6.32. The number of rotatable bonds is 4. The van der Waals surface area contributed by atoms with E-state index in [2.05, 4.69) is 14.6 Å². The Morgan fingerprint density at radius 2 is 1.54 bits per heavy atom. The van der Waals surface area contributed by atoms with Crippen LogP contribution >= 0.6 is 0 Å². The van der Waals surface area contributed by atoms with Gasteiger partial charge in [0.25, 0.3) is 0 Å². The third-order valence-corrected chi connectivity index (χ3v) is 3.95. The van der Waals surface area contributed by atoms with Crippen LogP contribution in [0.4, 0.5) is 17.1 Å². The van der Waals surface area contributed by atoms with Gasteiger partial charge >= 0.3 is 0 Å². The summed E-state index contributed by atoms with van der Waals surface area (Å²) in [6, 6.07) is 3.45. The van der Waals surface area contributed by atoms with Crippen LogP contribution in [0.1, 0.15) is 31.8 Å². The summed E-state index contributed by atoms with van der Waals surface area (Å²) in [7, 11) is 0. The fourth-order valence-corrected chi connectivity index (χ4v) is 2.86. The number of carbonyl (C=O) groups is 2. The first-order chi connectivity index (χ1) is 12.3. The molecule has 2 aromatic carbocycles. The molecule has 136 valence electrons. The van der Waals surface area contributed by atoms with Crippen LogP contribution in [0.25, 0.3) is 0 Å². The second-order valence-electron chi connectivity index (χ2n) is 5.33. The summed E-state index contributed by atoms with van der Waals surface area (Å²) >= 11 is 0. The molecule has 0 saturated heterocycles. The summed E-state index contributed by atoms with van der Waals surface area (Å²) < 4.78 is 0. The average molecular weight is 362 g/mol. The predicted octanol–water partition coefficient (Wildman–Crippen LogP) is -2.05. The molecule has 0 amide bonds. The lowest BCUT2D eigenvalue weighted by Gasteiger charge is -2.24. The highest BCUT2D eigenvalue weighted by Crippen LogP contribution is 2.42. The zero-order chi connectivity index (χ0) is 19.2. The van der Waals surface area contributed by atoms with Gasteiger partial charge in [-0.3, -0.25) is 9.59 Å². The Morgan fingerprint density at radius 1 is 0.846 bits per heavy atom. The number of nitrogen functional groups attached to an aromatic ring is 2. The predicted molar refractivity (Wildman–Crippen MR) is 87.5 cm³/mol. The average Bonchev–Trinajstić information content (AvgIpc) is 2.63. The number of hydrogen-bond acceptors (Lipinski definition) is 11. The molecule has 0 aliphatic heterocycles. The largest absolute Gasteiger partial charge is 0.593 e. The molecule has 1 aliphatic rings. The smallest absolute Gasteiger partial charge is 0.202 e. The van der Waals surface area contributed by atoms with E-state index in [0.717, 1.165) is 12.1 Å². The van der Waals surface area contributed by atoms with Crippen LogP contribution in [0.5, 0.6) is 11.5 Å². The number of hydrogen-bond donors (Lipinski definition) is 6. The Hall–Kier alpha value is -3.26. The van der Waals surface area contributed by atoms with Crippen LogP contribution in [-0.2, 0) is 4.94 Å². The summed E-state index contributed by atoms with van der Waals surface area (Å²) in [6.07, 6.45) is 0. The van der Waals surface area contributed by atoms with Crippen LogP contribution in [0.2, 0.25) is 0 Å². The van der Waals surface area contributed by atoms with E-state index in [1.54, 1.807) is 0 Å². The minimum atomic E-state index is -0.964. The SMILES string of the molecule is NOc1cc([NH+]([O-])ON)cc2c1C(=O)c1c(ON)c(N)cc(N)c1C2=O. The lowest BCUT2D eigenvalue weighted by molar-refractivity contribution is -1.00. The summed E-state index contributed by atoms with van der Waals surface area (Å²) in [5, 5.41) is 10.7. The standard InChI is InChI=1S/C14H14N6O6/c15-6-3-7(16)14(25-18)11-10(6)12(21)5-1-4(20(23)26-19)2-8(24-17)9(5)13(11)22/h1-3,20H,15-19H2. The highest BCUT2D eigenvalue weighted by atomic mass is 16.9. The quantitative estimate of drug-likeness (QED) is 0.219. The number of fused-ring (bicyclic) bond motifs is 2. The second kappa shape index (κ2) is 6.23. The van der Waals surface area contributed by atoms with Gasteiger partial charge in [0, 0.05) is 23.4 Å². The first-order valence-corrected chi connectivity index (χ1v) is 6.99. The van der Waals surface area contributed by atoms with E-state index in [1.807, 2.05) is 0 Å². The zero-order valence-corrected chi connectivity index (χ0v) is 13.1. The second-order valence-corrected chi connectivity index (χ2v) is 5.33. The van der Waals surface area contributed by atoms with Gasteiger partial charge in [0.1, 0.15) is 0 Å². The molecule has 0 saturated carbocycles. The lowest BCUT2D eigenvalue weighted by atomic mass is 9.81. The molecule has 12 heteroatoms. The first-order valence-electron chi connectivity index (χ1n) is 6.99. The number of ketones is 2. The van der Waals surface area contributed by atoms with E-state index in [9.17, 15) is 14.8 Å². The molecule has 0 spiro atoms. The molecular formula is C14H14N6O6. The molecule has 12 nitrogen and oxygen atoms in total. The number of nitrogens with one attached hydrogen (secondary N) is 1. The molecule has 1 atom stereocenters. The van der Waals surface area contributed by atoms with Crippen molar-refractivity contribution in [1.82, 2.24) is 0 Å². The monoisotopic (exact) mass is 362 g/mol. The van der Waals surface area contributed by atoms with E-state index in [4.69, 9.17) is 29.2 Å². The highest BCUT2D eigenvalue weighted by Gasteiger charge is 2.38. The van der Waals surface area contributed by atoms with Gasteiger partial charge < -0.3 is 26.3 Å². The molecular weight excluding hydrogens is 348 g/mol. The zero-order valence-electron chi connectivity index (χ0n) is 13.1. The molecule has 1 unspecified atom stereocenters. The van der Waals surface area contributed by atoms with Crippen molar-refractivity contribution < 1.29 is 29.4 Å². The third-order valence-electron chi connectivity index (χ3n) is 3.95. The van der Waals surface area contributed by atoms with Gasteiger partial charge in [-0.2, -0.15) is 22.9 Å². The molecule has 11 N–H and O–H groups in total. The van der Waals surface area contributed by atoms with Crippen molar-refractivity contribution in [3.8, 4) is 11.5 Å². The van der Waals surface area contributed by atoms with Gasteiger partial charge in [-0.15, -0.1) is 4.94 Å². The normalized spacial score (nSPS) is 13.8.